The van der Waals surface area contributed by atoms with Gasteiger partial charge in [-0.1, -0.05) is 37.3 Å². The molecule has 2 aromatic rings. The zero-order chi connectivity index (χ0) is 13.7. The predicted molar refractivity (Wildman–Crippen MR) is 80.5 cm³/mol. The van der Waals surface area contributed by atoms with Gasteiger partial charge in [0.05, 0.1) is 11.9 Å². The van der Waals surface area contributed by atoms with Crippen molar-refractivity contribution in [3.63, 3.8) is 0 Å². The van der Waals surface area contributed by atoms with Crippen LogP contribution in [0.4, 0.5) is 5.69 Å². The van der Waals surface area contributed by atoms with Crippen molar-refractivity contribution in [3.8, 4) is 0 Å². The van der Waals surface area contributed by atoms with E-state index < -0.39 is 0 Å². The minimum absolute atomic E-state index is 0.221. The third-order valence-corrected chi connectivity index (χ3v) is 3.84. The van der Waals surface area contributed by atoms with Gasteiger partial charge >= 0.3 is 0 Å². The smallest absolute Gasteiger partial charge is 0.280 e. The molecule has 0 saturated carbocycles. The molecule has 19 heavy (non-hydrogen) atoms. The maximum atomic E-state index is 11.4. The Hall–Kier alpha value is -1.62. The molecule has 4 nitrogen and oxygen atoms in total. The second-order valence-electron chi connectivity index (χ2n) is 4.45. The van der Waals surface area contributed by atoms with Gasteiger partial charge in [-0.15, -0.1) is 0 Å². The summed E-state index contributed by atoms with van der Waals surface area (Å²) < 4.78 is 0.495. The van der Waals surface area contributed by atoms with Gasteiger partial charge in [0, 0.05) is 6.54 Å². The van der Waals surface area contributed by atoms with Crippen molar-refractivity contribution in [2.75, 3.05) is 11.9 Å². The van der Waals surface area contributed by atoms with Crippen molar-refractivity contribution in [3.05, 3.63) is 56.9 Å². The normalized spacial score (nSPS) is 12.1. The fourth-order valence-corrected chi connectivity index (χ4v) is 2.21. The van der Waals surface area contributed by atoms with Crippen molar-refractivity contribution >= 4 is 21.6 Å². The van der Waals surface area contributed by atoms with Crippen LogP contribution in [0.5, 0.6) is 0 Å². The number of aromatic amines is 1. The van der Waals surface area contributed by atoms with Crippen LogP contribution in [0.15, 0.2) is 45.8 Å². The van der Waals surface area contributed by atoms with E-state index in [1.807, 2.05) is 6.07 Å². The van der Waals surface area contributed by atoms with E-state index in [1.165, 1.54) is 5.56 Å². The monoisotopic (exact) mass is 321 g/mol. The van der Waals surface area contributed by atoms with Crippen LogP contribution in [-0.4, -0.2) is 16.7 Å². The summed E-state index contributed by atoms with van der Waals surface area (Å²) in [6, 6.07) is 10.4. The van der Waals surface area contributed by atoms with Crippen LogP contribution in [0.25, 0.3) is 0 Å². The van der Waals surface area contributed by atoms with Crippen LogP contribution >= 0.6 is 15.9 Å². The molecule has 1 aromatic carbocycles. The Kier molecular flexibility index (Phi) is 4.74. The molecule has 100 valence electrons. The van der Waals surface area contributed by atoms with Crippen LogP contribution < -0.4 is 10.9 Å². The summed E-state index contributed by atoms with van der Waals surface area (Å²) >= 11 is 3.25. The van der Waals surface area contributed by atoms with Crippen molar-refractivity contribution in [1.82, 2.24) is 10.2 Å². The first-order chi connectivity index (χ1) is 9.18. The predicted octanol–water partition coefficient (Wildman–Crippen LogP) is 3.14. The van der Waals surface area contributed by atoms with E-state index in [1.54, 1.807) is 6.20 Å². The minimum Gasteiger partial charge on any atom is -0.383 e. The number of halogens is 1. The molecule has 0 amide bonds. The highest BCUT2D eigenvalue weighted by molar-refractivity contribution is 9.10. The van der Waals surface area contributed by atoms with Gasteiger partial charge in [-0.2, -0.15) is 5.10 Å². The number of hydrogen-bond donors (Lipinski definition) is 2. The van der Waals surface area contributed by atoms with E-state index in [-0.39, 0.29) is 5.56 Å². The molecule has 0 spiro atoms. The van der Waals surface area contributed by atoms with Crippen LogP contribution in [0.2, 0.25) is 0 Å². The molecule has 5 heteroatoms. The van der Waals surface area contributed by atoms with E-state index >= 15 is 0 Å². The molecular formula is C14H16BrN3O. The number of anilines is 1. The zero-order valence-electron chi connectivity index (χ0n) is 10.7. The van der Waals surface area contributed by atoms with Crippen LogP contribution in [-0.2, 0) is 0 Å². The summed E-state index contributed by atoms with van der Waals surface area (Å²) in [6.45, 7) is 2.99. The summed E-state index contributed by atoms with van der Waals surface area (Å²) in [5, 5.41) is 9.37. The van der Waals surface area contributed by atoms with Crippen molar-refractivity contribution in [1.29, 1.82) is 0 Å². The third-order valence-electron chi connectivity index (χ3n) is 3.06. The number of H-pyrrole nitrogens is 1. The molecule has 0 aliphatic rings. The highest BCUT2D eigenvalue weighted by Crippen LogP contribution is 2.20. The van der Waals surface area contributed by atoms with E-state index in [0.717, 1.165) is 18.7 Å². The Morgan fingerprint density at radius 3 is 2.84 bits per heavy atom. The molecule has 0 saturated heterocycles. The lowest BCUT2D eigenvalue weighted by Crippen LogP contribution is -2.13. The molecule has 1 heterocycles. The SMILES string of the molecule is CC(CCNc1cn[nH]c(=O)c1Br)c1ccccc1. The van der Waals surface area contributed by atoms with Crippen molar-refractivity contribution < 1.29 is 0 Å². The Balaban J connectivity index is 1.90. The van der Waals surface area contributed by atoms with Gasteiger partial charge < -0.3 is 5.32 Å². The maximum absolute atomic E-state index is 11.4. The van der Waals surface area contributed by atoms with E-state index in [4.69, 9.17) is 0 Å². The molecule has 1 atom stereocenters. The summed E-state index contributed by atoms with van der Waals surface area (Å²) in [7, 11) is 0. The van der Waals surface area contributed by atoms with Crippen LogP contribution in [0.3, 0.4) is 0 Å². The molecule has 1 aromatic heterocycles. The topological polar surface area (TPSA) is 57.8 Å². The minimum atomic E-state index is -0.221. The lowest BCUT2D eigenvalue weighted by molar-refractivity contribution is 0.705. The number of nitrogens with zero attached hydrogens (tertiary/aromatic N) is 1. The third kappa shape index (κ3) is 3.67. The first-order valence-corrected chi connectivity index (χ1v) is 7.00. The van der Waals surface area contributed by atoms with E-state index in [0.29, 0.717) is 10.4 Å². The average Bonchev–Trinajstić information content (AvgIpc) is 2.44. The Morgan fingerprint density at radius 1 is 1.37 bits per heavy atom. The fourth-order valence-electron chi connectivity index (χ4n) is 1.88. The second-order valence-corrected chi connectivity index (χ2v) is 5.25. The lowest BCUT2D eigenvalue weighted by atomic mass is 9.98. The Morgan fingerprint density at radius 2 is 2.11 bits per heavy atom. The number of hydrogen-bond acceptors (Lipinski definition) is 3. The van der Waals surface area contributed by atoms with Gasteiger partial charge in [-0.3, -0.25) is 4.79 Å². The van der Waals surface area contributed by atoms with Gasteiger partial charge in [0.1, 0.15) is 4.47 Å². The summed E-state index contributed by atoms with van der Waals surface area (Å²) in [5.74, 6) is 0.474. The molecule has 0 radical (unpaired) electrons. The summed E-state index contributed by atoms with van der Waals surface area (Å²) in [6.07, 6.45) is 2.60. The fraction of sp³-hybridized carbons (Fsp3) is 0.286. The maximum Gasteiger partial charge on any atom is 0.280 e. The van der Waals surface area contributed by atoms with Crippen LogP contribution in [0.1, 0.15) is 24.8 Å². The van der Waals surface area contributed by atoms with Gasteiger partial charge in [0.2, 0.25) is 0 Å². The van der Waals surface area contributed by atoms with E-state index in [2.05, 4.69) is 62.6 Å². The molecule has 0 aliphatic heterocycles. The molecule has 0 fully saturated rings. The Labute approximate surface area is 120 Å². The van der Waals surface area contributed by atoms with Gasteiger partial charge in [0.25, 0.3) is 5.56 Å². The first kappa shape index (κ1) is 13.8. The molecule has 2 rings (SSSR count). The van der Waals surface area contributed by atoms with Crippen molar-refractivity contribution in [2.24, 2.45) is 0 Å². The molecular weight excluding hydrogens is 306 g/mol. The molecule has 0 aliphatic carbocycles. The number of nitrogens with one attached hydrogen (secondary N) is 2. The molecule has 0 bridgehead atoms. The first-order valence-electron chi connectivity index (χ1n) is 6.20. The highest BCUT2D eigenvalue weighted by Gasteiger charge is 2.06. The summed E-state index contributed by atoms with van der Waals surface area (Å²) in [5.41, 5.74) is 1.83. The van der Waals surface area contributed by atoms with E-state index in [9.17, 15) is 4.79 Å². The number of aromatic nitrogens is 2. The molecule has 1 unspecified atom stereocenters. The zero-order valence-corrected chi connectivity index (χ0v) is 12.3. The molecule has 2 N–H and O–H groups in total. The highest BCUT2D eigenvalue weighted by atomic mass is 79.9. The Bertz CT molecular complexity index is 583. The van der Waals surface area contributed by atoms with Gasteiger partial charge in [-0.05, 0) is 33.8 Å². The average molecular weight is 322 g/mol. The lowest BCUT2D eigenvalue weighted by Gasteiger charge is -2.13. The number of benzene rings is 1. The van der Waals surface area contributed by atoms with Crippen LogP contribution in [0, 0.1) is 0 Å². The largest absolute Gasteiger partial charge is 0.383 e. The van der Waals surface area contributed by atoms with Gasteiger partial charge in [0.15, 0.2) is 0 Å². The quantitative estimate of drug-likeness (QED) is 0.889. The standard InChI is InChI=1S/C14H16BrN3O/c1-10(11-5-3-2-4-6-11)7-8-16-12-9-17-18-14(19)13(12)15/h2-6,9-10H,7-8H2,1H3,(H2,16,18,19). The number of rotatable bonds is 5. The second kappa shape index (κ2) is 6.52. The van der Waals surface area contributed by atoms with Crippen molar-refractivity contribution in [2.45, 2.75) is 19.3 Å². The summed E-state index contributed by atoms with van der Waals surface area (Å²) in [4.78, 5) is 11.4. The van der Waals surface area contributed by atoms with Gasteiger partial charge in [-0.25, -0.2) is 5.10 Å².